The lowest BCUT2D eigenvalue weighted by Gasteiger charge is -2.09. The zero-order valence-electron chi connectivity index (χ0n) is 10.3. The fourth-order valence-corrected chi connectivity index (χ4v) is 2.26. The molecule has 0 unspecified atom stereocenters. The van der Waals surface area contributed by atoms with E-state index >= 15 is 0 Å². The van der Waals surface area contributed by atoms with Crippen LogP contribution in [0.4, 0.5) is 0 Å². The van der Waals surface area contributed by atoms with Crippen molar-refractivity contribution in [3.63, 3.8) is 0 Å². The maximum Gasteiger partial charge on any atom is 0.261 e. The van der Waals surface area contributed by atoms with Crippen LogP contribution in [0.3, 0.4) is 0 Å². The molecule has 0 saturated heterocycles. The molecule has 0 fully saturated rings. The number of benzene rings is 2. The molecule has 0 bridgehead atoms. The van der Waals surface area contributed by atoms with Crippen LogP contribution in [-0.4, -0.2) is 9.55 Å². The van der Waals surface area contributed by atoms with Crippen LogP contribution in [-0.2, 0) is 7.05 Å². The van der Waals surface area contributed by atoms with Gasteiger partial charge in [-0.3, -0.25) is 9.36 Å². The molecular weight excluding hydrogens is 260 g/mol. The highest BCUT2D eigenvalue weighted by molar-refractivity contribution is 6.31. The third-order valence-electron chi connectivity index (χ3n) is 3.07. The van der Waals surface area contributed by atoms with E-state index in [1.165, 1.54) is 0 Å². The van der Waals surface area contributed by atoms with Gasteiger partial charge in [0.05, 0.1) is 10.9 Å². The first-order valence-electron chi connectivity index (χ1n) is 5.88. The first-order chi connectivity index (χ1) is 9.16. The normalized spacial score (nSPS) is 10.8. The standard InChI is InChI=1S/C15H11ClN2O/c1-18-14(10-5-3-2-4-6-10)17-13-9-11(16)7-8-12(13)15(18)19/h2-9H,1H3. The average Bonchev–Trinajstić information content (AvgIpc) is 2.43. The van der Waals surface area contributed by atoms with Crippen molar-refractivity contribution < 1.29 is 0 Å². The monoisotopic (exact) mass is 270 g/mol. The zero-order valence-corrected chi connectivity index (χ0v) is 11.1. The maximum absolute atomic E-state index is 12.3. The summed E-state index contributed by atoms with van der Waals surface area (Å²) in [5, 5.41) is 1.15. The molecule has 0 saturated carbocycles. The van der Waals surface area contributed by atoms with E-state index in [0.717, 1.165) is 5.56 Å². The predicted molar refractivity (Wildman–Crippen MR) is 77.4 cm³/mol. The molecule has 0 spiro atoms. The second-order valence-electron chi connectivity index (χ2n) is 4.33. The van der Waals surface area contributed by atoms with Gasteiger partial charge in [0.1, 0.15) is 5.82 Å². The lowest BCUT2D eigenvalue weighted by Crippen LogP contribution is -2.20. The molecule has 1 heterocycles. The number of hydrogen-bond acceptors (Lipinski definition) is 2. The van der Waals surface area contributed by atoms with Crippen LogP contribution < -0.4 is 5.56 Å². The molecule has 19 heavy (non-hydrogen) atoms. The summed E-state index contributed by atoms with van der Waals surface area (Å²) in [5.74, 6) is 0.639. The minimum Gasteiger partial charge on any atom is -0.295 e. The van der Waals surface area contributed by atoms with Gasteiger partial charge in [-0.05, 0) is 18.2 Å². The number of rotatable bonds is 1. The van der Waals surface area contributed by atoms with Gasteiger partial charge in [0, 0.05) is 17.6 Å². The van der Waals surface area contributed by atoms with Crippen molar-refractivity contribution in [1.82, 2.24) is 9.55 Å². The van der Waals surface area contributed by atoms with Gasteiger partial charge in [0.2, 0.25) is 0 Å². The SMILES string of the molecule is Cn1c(-c2ccccc2)nc2cc(Cl)ccc2c1=O. The Balaban J connectivity index is 2.38. The highest BCUT2D eigenvalue weighted by atomic mass is 35.5. The maximum atomic E-state index is 12.3. The van der Waals surface area contributed by atoms with Gasteiger partial charge < -0.3 is 0 Å². The molecule has 4 heteroatoms. The fraction of sp³-hybridized carbons (Fsp3) is 0.0667. The van der Waals surface area contributed by atoms with Crippen molar-refractivity contribution in [2.75, 3.05) is 0 Å². The van der Waals surface area contributed by atoms with Crippen LogP contribution in [0, 0.1) is 0 Å². The Kier molecular flexibility index (Phi) is 2.84. The Hall–Kier alpha value is -2.13. The molecule has 0 amide bonds. The van der Waals surface area contributed by atoms with Gasteiger partial charge in [-0.2, -0.15) is 0 Å². The fourth-order valence-electron chi connectivity index (χ4n) is 2.09. The number of hydrogen-bond donors (Lipinski definition) is 0. The first-order valence-corrected chi connectivity index (χ1v) is 6.26. The summed E-state index contributed by atoms with van der Waals surface area (Å²) < 4.78 is 1.56. The molecule has 2 aromatic carbocycles. The molecule has 0 atom stereocenters. The summed E-state index contributed by atoms with van der Waals surface area (Å²) in [6, 6.07) is 14.8. The molecule has 0 aliphatic heterocycles. The van der Waals surface area contributed by atoms with E-state index in [1.54, 1.807) is 29.8 Å². The Bertz CT molecular complexity index is 809. The lowest BCUT2D eigenvalue weighted by atomic mass is 10.2. The van der Waals surface area contributed by atoms with E-state index in [0.29, 0.717) is 21.7 Å². The zero-order chi connectivity index (χ0) is 13.4. The number of aromatic nitrogens is 2. The van der Waals surface area contributed by atoms with Gasteiger partial charge in [-0.15, -0.1) is 0 Å². The molecule has 0 aliphatic carbocycles. The van der Waals surface area contributed by atoms with Gasteiger partial charge in [-0.1, -0.05) is 41.9 Å². The van der Waals surface area contributed by atoms with Crippen LogP contribution >= 0.6 is 11.6 Å². The van der Waals surface area contributed by atoms with Crippen LogP contribution in [0.15, 0.2) is 53.3 Å². The molecule has 3 nitrogen and oxygen atoms in total. The first kappa shape index (κ1) is 11.9. The summed E-state index contributed by atoms with van der Waals surface area (Å²) in [6.07, 6.45) is 0. The van der Waals surface area contributed by atoms with Crippen LogP contribution in [0.5, 0.6) is 0 Å². The molecule has 0 N–H and O–H groups in total. The summed E-state index contributed by atoms with van der Waals surface area (Å²) in [4.78, 5) is 16.9. The van der Waals surface area contributed by atoms with Crippen molar-refractivity contribution in [2.24, 2.45) is 7.05 Å². The largest absolute Gasteiger partial charge is 0.295 e. The van der Waals surface area contributed by atoms with E-state index < -0.39 is 0 Å². The summed E-state index contributed by atoms with van der Waals surface area (Å²) >= 11 is 5.96. The topological polar surface area (TPSA) is 34.9 Å². The smallest absolute Gasteiger partial charge is 0.261 e. The molecule has 3 aromatic rings. The average molecular weight is 271 g/mol. The Labute approximate surface area is 115 Å². The van der Waals surface area contributed by atoms with Crippen molar-refractivity contribution in [3.05, 3.63) is 63.9 Å². The van der Waals surface area contributed by atoms with Crippen molar-refractivity contribution >= 4 is 22.5 Å². The molecule has 3 rings (SSSR count). The Morgan fingerprint density at radius 2 is 1.84 bits per heavy atom. The lowest BCUT2D eigenvalue weighted by molar-refractivity contribution is 0.856. The predicted octanol–water partition coefficient (Wildman–Crippen LogP) is 3.25. The van der Waals surface area contributed by atoms with Crippen molar-refractivity contribution in [3.8, 4) is 11.4 Å². The van der Waals surface area contributed by atoms with E-state index in [1.807, 2.05) is 30.3 Å². The summed E-state index contributed by atoms with van der Waals surface area (Å²) in [6.45, 7) is 0. The summed E-state index contributed by atoms with van der Waals surface area (Å²) in [7, 11) is 1.73. The minimum absolute atomic E-state index is 0.0690. The third kappa shape index (κ3) is 2.02. The second kappa shape index (κ2) is 4.52. The third-order valence-corrected chi connectivity index (χ3v) is 3.31. The van der Waals surface area contributed by atoms with Gasteiger partial charge in [0.25, 0.3) is 5.56 Å². The molecule has 94 valence electrons. The number of halogens is 1. The number of fused-ring (bicyclic) bond motifs is 1. The molecule has 0 radical (unpaired) electrons. The van der Waals surface area contributed by atoms with E-state index in [4.69, 9.17) is 11.6 Å². The quantitative estimate of drug-likeness (QED) is 0.680. The van der Waals surface area contributed by atoms with Gasteiger partial charge in [0.15, 0.2) is 0 Å². The molecule has 1 aromatic heterocycles. The Morgan fingerprint density at radius 3 is 2.58 bits per heavy atom. The number of nitrogens with zero attached hydrogens (tertiary/aromatic N) is 2. The van der Waals surface area contributed by atoms with Crippen molar-refractivity contribution in [1.29, 1.82) is 0 Å². The highest BCUT2D eigenvalue weighted by Gasteiger charge is 2.09. The highest BCUT2D eigenvalue weighted by Crippen LogP contribution is 2.20. The minimum atomic E-state index is -0.0690. The van der Waals surface area contributed by atoms with Crippen LogP contribution in [0.1, 0.15) is 0 Å². The van der Waals surface area contributed by atoms with Crippen molar-refractivity contribution in [2.45, 2.75) is 0 Å². The van der Waals surface area contributed by atoms with Gasteiger partial charge >= 0.3 is 0 Å². The van der Waals surface area contributed by atoms with E-state index in [-0.39, 0.29) is 5.56 Å². The van der Waals surface area contributed by atoms with E-state index in [9.17, 15) is 4.79 Å². The van der Waals surface area contributed by atoms with Crippen LogP contribution in [0.25, 0.3) is 22.3 Å². The van der Waals surface area contributed by atoms with E-state index in [2.05, 4.69) is 4.98 Å². The molecule has 0 aliphatic rings. The summed E-state index contributed by atoms with van der Waals surface area (Å²) in [5.41, 5.74) is 1.46. The van der Waals surface area contributed by atoms with Crippen LogP contribution in [0.2, 0.25) is 5.02 Å². The molecular formula is C15H11ClN2O. The van der Waals surface area contributed by atoms with Gasteiger partial charge in [-0.25, -0.2) is 4.98 Å². The second-order valence-corrected chi connectivity index (χ2v) is 4.76. The Morgan fingerprint density at radius 1 is 1.11 bits per heavy atom.